The van der Waals surface area contributed by atoms with Crippen molar-refractivity contribution in [2.24, 2.45) is 5.41 Å². The molecule has 0 amide bonds. The Balaban J connectivity index is 2.98. The van der Waals surface area contributed by atoms with E-state index in [-0.39, 0.29) is 5.41 Å². The molecule has 5 heteroatoms. The summed E-state index contributed by atoms with van der Waals surface area (Å²) in [5, 5.41) is 2.96. The minimum absolute atomic E-state index is 0.0628. The minimum Gasteiger partial charge on any atom is -0.388 e. The molecular weight excluding hydrogens is 248 g/mol. The number of rotatable bonds is 4. The molecule has 102 valence electrons. The molecule has 0 unspecified atom stereocenters. The maximum absolute atomic E-state index is 12.3. The van der Waals surface area contributed by atoms with E-state index in [1.54, 1.807) is 38.4 Å². The van der Waals surface area contributed by atoms with Crippen LogP contribution < -0.4 is 5.32 Å². The summed E-state index contributed by atoms with van der Waals surface area (Å²) in [6.45, 7) is 6.54. The number of benzene rings is 1. The van der Waals surface area contributed by atoms with Crippen LogP contribution in [0.4, 0.5) is 5.69 Å². The summed E-state index contributed by atoms with van der Waals surface area (Å²) < 4.78 is 26.0. The Hall–Kier alpha value is -1.07. The smallest absolute Gasteiger partial charge is 0.242 e. The molecule has 0 fully saturated rings. The van der Waals surface area contributed by atoms with Gasteiger partial charge in [-0.15, -0.1) is 0 Å². The van der Waals surface area contributed by atoms with Crippen LogP contribution in [0.15, 0.2) is 29.2 Å². The summed E-state index contributed by atoms with van der Waals surface area (Å²) in [4.78, 5) is 0.327. The van der Waals surface area contributed by atoms with Gasteiger partial charge in [-0.1, -0.05) is 20.8 Å². The lowest BCUT2D eigenvalue weighted by Gasteiger charge is -2.26. The summed E-state index contributed by atoms with van der Waals surface area (Å²) in [5.41, 5.74) is 0.833. The predicted octanol–water partition coefficient (Wildman–Crippen LogP) is 2.39. The van der Waals surface area contributed by atoms with Crippen molar-refractivity contribution in [3.05, 3.63) is 24.3 Å². The SMILES string of the molecule is CNc1ccc(S(=O)(=O)N(C)CC(C)(C)C)cc1. The van der Waals surface area contributed by atoms with Crippen LogP contribution in [0, 0.1) is 5.41 Å². The molecule has 0 saturated carbocycles. The molecule has 0 aliphatic rings. The van der Waals surface area contributed by atoms with E-state index >= 15 is 0 Å². The van der Waals surface area contributed by atoms with E-state index in [9.17, 15) is 8.42 Å². The fourth-order valence-electron chi connectivity index (χ4n) is 1.73. The van der Waals surface area contributed by atoms with Crippen molar-refractivity contribution in [2.45, 2.75) is 25.7 Å². The molecule has 0 bridgehead atoms. The van der Waals surface area contributed by atoms with Gasteiger partial charge in [0.1, 0.15) is 0 Å². The van der Waals surface area contributed by atoms with Crippen LogP contribution in [0.3, 0.4) is 0 Å². The van der Waals surface area contributed by atoms with E-state index in [0.717, 1.165) is 5.69 Å². The molecule has 0 spiro atoms. The molecule has 4 nitrogen and oxygen atoms in total. The molecule has 1 aromatic carbocycles. The Bertz CT molecular complexity index is 487. The first-order valence-electron chi connectivity index (χ1n) is 5.91. The Morgan fingerprint density at radius 1 is 1.17 bits per heavy atom. The van der Waals surface area contributed by atoms with Gasteiger partial charge < -0.3 is 5.32 Å². The summed E-state index contributed by atoms with van der Waals surface area (Å²) in [6, 6.07) is 6.77. The quantitative estimate of drug-likeness (QED) is 0.914. The van der Waals surface area contributed by atoms with Gasteiger partial charge in [-0.2, -0.15) is 0 Å². The second kappa shape index (κ2) is 5.28. The first-order valence-corrected chi connectivity index (χ1v) is 7.35. The molecule has 0 aliphatic heterocycles. The van der Waals surface area contributed by atoms with Crippen LogP contribution in [0.1, 0.15) is 20.8 Å². The molecule has 0 aliphatic carbocycles. The van der Waals surface area contributed by atoms with Crippen LogP contribution in [-0.2, 0) is 10.0 Å². The standard InChI is InChI=1S/C13H22N2O2S/c1-13(2,3)10-15(5)18(16,17)12-8-6-11(14-4)7-9-12/h6-9,14H,10H2,1-5H3. The van der Waals surface area contributed by atoms with Crippen LogP contribution in [-0.4, -0.2) is 33.4 Å². The zero-order valence-electron chi connectivity index (χ0n) is 11.7. The Morgan fingerprint density at radius 2 is 1.67 bits per heavy atom. The summed E-state index contributed by atoms with van der Waals surface area (Å²) >= 11 is 0. The number of hydrogen-bond donors (Lipinski definition) is 1. The highest BCUT2D eigenvalue weighted by molar-refractivity contribution is 7.89. The third kappa shape index (κ3) is 3.71. The third-order valence-corrected chi connectivity index (χ3v) is 4.37. The van der Waals surface area contributed by atoms with Crippen molar-refractivity contribution in [1.29, 1.82) is 0 Å². The normalized spacial score (nSPS) is 12.8. The summed E-state index contributed by atoms with van der Waals surface area (Å²) in [7, 11) is 0.0269. The lowest BCUT2D eigenvalue weighted by molar-refractivity contribution is 0.311. The monoisotopic (exact) mass is 270 g/mol. The molecule has 0 aromatic heterocycles. The highest BCUT2D eigenvalue weighted by Gasteiger charge is 2.24. The van der Waals surface area contributed by atoms with Crippen molar-refractivity contribution < 1.29 is 8.42 Å². The maximum atomic E-state index is 12.3. The van der Waals surface area contributed by atoms with E-state index in [0.29, 0.717) is 11.4 Å². The number of sulfonamides is 1. The van der Waals surface area contributed by atoms with E-state index in [2.05, 4.69) is 5.32 Å². The van der Waals surface area contributed by atoms with E-state index < -0.39 is 10.0 Å². The molecule has 1 aromatic rings. The van der Waals surface area contributed by atoms with Gasteiger partial charge in [-0.25, -0.2) is 12.7 Å². The van der Waals surface area contributed by atoms with Crippen molar-refractivity contribution in [3.63, 3.8) is 0 Å². The van der Waals surface area contributed by atoms with Gasteiger partial charge in [0.2, 0.25) is 10.0 Å². The number of hydrogen-bond acceptors (Lipinski definition) is 3. The predicted molar refractivity (Wildman–Crippen MR) is 75.3 cm³/mol. The molecule has 0 heterocycles. The first kappa shape index (κ1) is 15.0. The molecule has 1 rings (SSSR count). The fraction of sp³-hybridized carbons (Fsp3) is 0.538. The highest BCUT2D eigenvalue weighted by Crippen LogP contribution is 2.21. The molecule has 0 radical (unpaired) electrons. The zero-order valence-corrected chi connectivity index (χ0v) is 12.5. The van der Waals surface area contributed by atoms with Gasteiger partial charge in [-0.05, 0) is 29.7 Å². The molecule has 1 N–H and O–H groups in total. The second-order valence-corrected chi connectivity index (χ2v) is 7.64. The van der Waals surface area contributed by atoms with Gasteiger partial charge >= 0.3 is 0 Å². The maximum Gasteiger partial charge on any atom is 0.242 e. The first-order chi connectivity index (χ1) is 8.16. The topological polar surface area (TPSA) is 49.4 Å². The van der Waals surface area contributed by atoms with Gasteiger partial charge in [-0.3, -0.25) is 0 Å². The highest BCUT2D eigenvalue weighted by atomic mass is 32.2. The minimum atomic E-state index is -3.39. The zero-order chi connectivity index (χ0) is 14.0. The molecule has 0 atom stereocenters. The molecular formula is C13H22N2O2S. The van der Waals surface area contributed by atoms with E-state index in [1.807, 2.05) is 20.8 Å². The van der Waals surface area contributed by atoms with Crippen LogP contribution in [0.2, 0.25) is 0 Å². The Kier molecular flexibility index (Phi) is 4.40. The van der Waals surface area contributed by atoms with Gasteiger partial charge in [0.05, 0.1) is 4.90 Å². The number of nitrogens with one attached hydrogen (secondary N) is 1. The largest absolute Gasteiger partial charge is 0.388 e. The van der Waals surface area contributed by atoms with Crippen LogP contribution in [0.5, 0.6) is 0 Å². The van der Waals surface area contributed by atoms with Crippen molar-refractivity contribution in [1.82, 2.24) is 4.31 Å². The average molecular weight is 270 g/mol. The fourth-order valence-corrected chi connectivity index (χ4v) is 3.12. The Morgan fingerprint density at radius 3 is 2.06 bits per heavy atom. The van der Waals surface area contributed by atoms with Gasteiger partial charge in [0.25, 0.3) is 0 Å². The lowest BCUT2D eigenvalue weighted by Crippen LogP contribution is -2.34. The third-order valence-electron chi connectivity index (χ3n) is 2.55. The van der Waals surface area contributed by atoms with Crippen LogP contribution >= 0.6 is 0 Å². The number of nitrogens with zero attached hydrogens (tertiary/aromatic N) is 1. The summed E-state index contributed by atoms with van der Waals surface area (Å²) in [6.07, 6.45) is 0. The van der Waals surface area contributed by atoms with Crippen molar-refractivity contribution in [3.8, 4) is 0 Å². The van der Waals surface area contributed by atoms with Crippen molar-refractivity contribution in [2.75, 3.05) is 26.0 Å². The van der Waals surface area contributed by atoms with Crippen LogP contribution in [0.25, 0.3) is 0 Å². The Labute approximate surface area is 110 Å². The molecule has 18 heavy (non-hydrogen) atoms. The van der Waals surface area contributed by atoms with Gasteiger partial charge in [0, 0.05) is 26.3 Å². The van der Waals surface area contributed by atoms with Crippen molar-refractivity contribution >= 4 is 15.7 Å². The van der Waals surface area contributed by atoms with E-state index in [1.165, 1.54) is 4.31 Å². The number of anilines is 1. The lowest BCUT2D eigenvalue weighted by atomic mass is 9.97. The average Bonchev–Trinajstić information content (AvgIpc) is 2.27. The summed E-state index contributed by atoms with van der Waals surface area (Å²) in [5.74, 6) is 0. The van der Waals surface area contributed by atoms with E-state index in [4.69, 9.17) is 0 Å². The molecule has 0 saturated heterocycles. The second-order valence-electron chi connectivity index (χ2n) is 5.60. The van der Waals surface area contributed by atoms with Gasteiger partial charge in [0.15, 0.2) is 0 Å².